The third kappa shape index (κ3) is 2.17. The van der Waals surface area contributed by atoms with Crippen LogP contribution in [0.15, 0.2) is 44.7 Å². The summed E-state index contributed by atoms with van der Waals surface area (Å²) in [6, 6.07) is 8.46. The van der Waals surface area contributed by atoms with Gasteiger partial charge in [-0.3, -0.25) is 0 Å². The van der Waals surface area contributed by atoms with E-state index in [1.54, 1.807) is 12.1 Å². The van der Waals surface area contributed by atoms with Crippen LogP contribution >= 0.6 is 27.3 Å². The molecule has 0 amide bonds. The van der Waals surface area contributed by atoms with Gasteiger partial charge in [-0.1, -0.05) is 27.2 Å². The van der Waals surface area contributed by atoms with Crippen molar-refractivity contribution >= 4 is 33.2 Å². The van der Waals surface area contributed by atoms with Gasteiger partial charge < -0.3 is 10.3 Å². The third-order valence-corrected chi connectivity index (χ3v) is 4.05. The predicted molar refractivity (Wildman–Crippen MR) is 77.3 cm³/mol. The molecule has 2 N–H and O–H groups in total. The number of aromatic nitrogens is 1. The number of hydrogen-bond donors (Lipinski definition) is 1. The summed E-state index contributed by atoms with van der Waals surface area (Å²) in [5.74, 6) is -0.175. The molecule has 3 aromatic rings. The Morgan fingerprint density at radius 2 is 2.16 bits per heavy atom. The maximum atomic E-state index is 13.9. The highest BCUT2D eigenvalue weighted by Gasteiger charge is 2.20. The van der Waals surface area contributed by atoms with Crippen molar-refractivity contribution in [2.75, 3.05) is 5.73 Å². The second-order valence-corrected chi connectivity index (χ2v) is 5.74. The summed E-state index contributed by atoms with van der Waals surface area (Å²) in [4.78, 5) is 0.896. The van der Waals surface area contributed by atoms with E-state index in [-0.39, 0.29) is 11.7 Å². The van der Waals surface area contributed by atoms with E-state index in [0.717, 1.165) is 9.35 Å². The highest BCUT2D eigenvalue weighted by molar-refractivity contribution is 9.10. The number of nitrogens with zero attached hydrogens (tertiary/aromatic N) is 1. The summed E-state index contributed by atoms with van der Waals surface area (Å²) in [6.45, 7) is 0. The fourth-order valence-corrected chi connectivity index (χ4v) is 2.96. The Morgan fingerprint density at radius 1 is 1.32 bits per heavy atom. The van der Waals surface area contributed by atoms with E-state index in [2.05, 4.69) is 21.1 Å². The average Bonchev–Trinajstić information content (AvgIpc) is 3.01. The molecule has 2 aromatic heterocycles. The van der Waals surface area contributed by atoms with Crippen LogP contribution in [-0.4, -0.2) is 5.16 Å². The minimum absolute atomic E-state index is 0.192. The minimum Gasteiger partial charge on any atom is -0.367 e. The predicted octanol–water partition coefficient (Wildman–Crippen LogP) is 4.55. The molecular formula is C13H8BrFN2OS. The van der Waals surface area contributed by atoms with Crippen LogP contribution in [0.4, 0.5) is 10.3 Å². The van der Waals surface area contributed by atoms with Crippen LogP contribution in [0.3, 0.4) is 0 Å². The zero-order valence-electron chi connectivity index (χ0n) is 9.56. The molecule has 6 heteroatoms. The monoisotopic (exact) mass is 338 g/mol. The first-order valence-electron chi connectivity index (χ1n) is 5.41. The van der Waals surface area contributed by atoms with Gasteiger partial charge >= 0.3 is 0 Å². The number of halogens is 2. The molecule has 0 aliphatic rings. The maximum Gasteiger partial charge on any atom is 0.231 e. The lowest BCUT2D eigenvalue weighted by Crippen LogP contribution is -1.88. The molecule has 0 atom stereocenters. The largest absolute Gasteiger partial charge is 0.367 e. The van der Waals surface area contributed by atoms with Gasteiger partial charge in [-0.15, -0.1) is 11.3 Å². The van der Waals surface area contributed by atoms with Crippen LogP contribution in [0.5, 0.6) is 0 Å². The smallest absolute Gasteiger partial charge is 0.231 e. The van der Waals surface area contributed by atoms with Gasteiger partial charge in [0.2, 0.25) is 5.88 Å². The molecule has 0 saturated heterocycles. The Balaban J connectivity index is 2.24. The third-order valence-electron chi connectivity index (χ3n) is 2.67. The second-order valence-electron chi connectivity index (χ2n) is 3.87. The van der Waals surface area contributed by atoms with E-state index in [1.807, 2.05) is 17.5 Å². The number of rotatable bonds is 2. The van der Waals surface area contributed by atoms with E-state index < -0.39 is 0 Å². The molecule has 3 nitrogen and oxygen atoms in total. The Morgan fingerprint density at radius 3 is 2.89 bits per heavy atom. The number of hydrogen-bond acceptors (Lipinski definition) is 4. The molecular weight excluding hydrogens is 331 g/mol. The molecule has 96 valence electrons. The van der Waals surface area contributed by atoms with Gasteiger partial charge in [-0.25, -0.2) is 4.39 Å². The van der Waals surface area contributed by atoms with Crippen LogP contribution < -0.4 is 5.73 Å². The standard InChI is InChI=1S/C13H8BrFN2OS/c14-7-3-4-9(15)8(6-7)12-11(13(16)18-17-12)10-2-1-5-19-10/h1-6H,16H2. The molecule has 0 fully saturated rings. The fraction of sp³-hybridized carbons (Fsp3) is 0. The van der Waals surface area contributed by atoms with Crippen molar-refractivity contribution < 1.29 is 8.91 Å². The minimum atomic E-state index is -0.366. The number of nitrogen functional groups attached to an aromatic ring is 1. The van der Waals surface area contributed by atoms with Crippen molar-refractivity contribution in [3.63, 3.8) is 0 Å². The Bertz CT molecular complexity index is 724. The summed E-state index contributed by atoms with van der Waals surface area (Å²) < 4.78 is 19.7. The lowest BCUT2D eigenvalue weighted by atomic mass is 10.1. The van der Waals surface area contributed by atoms with Crippen LogP contribution in [0.1, 0.15) is 0 Å². The zero-order valence-corrected chi connectivity index (χ0v) is 12.0. The van der Waals surface area contributed by atoms with E-state index in [4.69, 9.17) is 10.3 Å². The van der Waals surface area contributed by atoms with Crippen molar-refractivity contribution in [3.05, 3.63) is 46.0 Å². The molecule has 0 aliphatic heterocycles. The van der Waals surface area contributed by atoms with Crippen molar-refractivity contribution in [1.82, 2.24) is 5.16 Å². The Kier molecular flexibility index (Phi) is 3.12. The van der Waals surface area contributed by atoms with Gasteiger partial charge in [0.05, 0.1) is 5.56 Å². The van der Waals surface area contributed by atoms with Crippen LogP contribution in [0, 0.1) is 5.82 Å². The first kappa shape index (κ1) is 12.4. The van der Waals surface area contributed by atoms with Crippen molar-refractivity contribution in [3.8, 4) is 21.7 Å². The van der Waals surface area contributed by atoms with Gasteiger partial charge in [0.25, 0.3) is 0 Å². The summed E-state index contributed by atoms with van der Waals surface area (Å²) in [5, 5.41) is 5.81. The molecule has 3 rings (SSSR count). The average molecular weight is 339 g/mol. The van der Waals surface area contributed by atoms with E-state index >= 15 is 0 Å². The number of benzene rings is 1. The van der Waals surface area contributed by atoms with E-state index in [1.165, 1.54) is 17.4 Å². The summed E-state index contributed by atoms with van der Waals surface area (Å²) >= 11 is 4.82. The topological polar surface area (TPSA) is 52.0 Å². The number of nitrogens with two attached hydrogens (primary N) is 1. The summed E-state index contributed by atoms with van der Waals surface area (Å²) in [5.41, 5.74) is 7.21. The van der Waals surface area contributed by atoms with Gasteiger partial charge in [0.1, 0.15) is 11.5 Å². The van der Waals surface area contributed by atoms with Crippen LogP contribution in [0.25, 0.3) is 21.7 Å². The summed E-state index contributed by atoms with van der Waals surface area (Å²) in [7, 11) is 0. The first-order chi connectivity index (χ1) is 9.16. The van der Waals surface area contributed by atoms with Crippen molar-refractivity contribution in [2.24, 2.45) is 0 Å². The van der Waals surface area contributed by atoms with E-state index in [9.17, 15) is 4.39 Å². The molecule has 2 heterocycles. The Hall–Kier alpha value is -1.66. The molecule has 0 aliphatic carbocycles. The molecule has 19 heavy (non-hydrogen) atoms. The normalized spacial score (nSPS) is 10.8. The van der Waals surface area contributed by atoms with Crippen molar-refractivity contribution in [1.29, 1.82) is 0 Å². The second kappa shape index (κ2) is 4.79. The number of thiophene rings is 1. The zero-order chi connectivity index (χ0) is 13.4. The molecule has 0 spiro atoms. The van der Waals surface area contributed by atoms with Gasteiger partial charge in [0.15, 0.2) is 0 Å². The van der Waals surface area contributed by atoms with Gasteiger partial charge in [-0.2, -0.15) is 0 Å². The Labute approximate surface area is 121 Å². The number of anilines is 1. The quantitative estimate of drug-likeness (QED) is 0.745. The molecule has 1 aromatic carbocycles. The first-order valence-corrected chi connectivity index (χ1v) is 7.08. The van der Waals surface area contributed by atoms with Crippen molar-refractivity contribution in [2.45, 2.75) is 0 Å². The maximum absolute atomic E-state index is 13.9. The van der Waals surface area contributed by atoms with Gasteiger partial charge in [0, 0.05) is 14.9 Å². The van der Waals surface area contributed by atoms with Gasteiger partial charge in [-0.05, 0) is 29.6 Å². The molecule has 0 bridgehead atoms. The summed E-state index contributed by atoms with van der Waals surface area (Å²) in [6.07, 6.45) is 0. The molecule has 0 saturated carbocycles. The van der Waals surface area contributed by atoms with Crippen LogP contribution in [0.2, 0.25) is 0 Å². The highest BCUT2D eigenvalue weighted by atomic mass is 79.9. The SMILES string of the molecule is Nc1onc(-c2cc(Br)ccc2F)c1-c1cccs1. The highest BCUT2D eigenvalue weighted by Crippen LogP contribution is 2.39. The molecule has 0 radical (unpaired) electrons. The van der Waals surface area contributed by atoms with E-state index in [0.29, 0.717) is 16.8 Å². The van der Waals surface area contributed by atoms with Crippen LogP contribution in [-0.2, 0) is 0 Å². The lowest BCUT2D eigenvalue weighted by molar-refractivity contribution is 0.439. The fourth-order valence-electron chi connectivity index (χ4n) is 1.82. The molecule has 0 unspecified atom stereocenters. The lowest BCUT2D eigenvalue weighted by Gasteiger charge is -2.02.